The predicted molar refractivity (Wildman–Crippen MR) is 120 cm³/mol. The van der Waals surface area contributed by atoms with E-state index in [9.17, 15) is 18.4 Å². The van der Waals surface area contributed by atoms with Crippen molar-refractivity contribution in [1.82, 2.24) is 9.78 Å². The van der Waals surface area contributed by atoms with E-state index in [1.54, 1.807) is 18.2 Å². The van der Waals surface area contributed by atoms with Crippen molar-refractivity contribution in [1.29, 1.82) is 0 Å². The zero-order chi connectivity index (χ0) is 22.8. The molecule has 2 aromatic carbocycles. The first-order chi connectivity index (χ1) is 15.3. The van der Waals surface area contributed by atoms with E-state index in [2.05, 4.69) is 10.4 Å². The van der Waals surface area contributed by atoms with Gasteiger partial charge in [0.15, 0.2) is 11.6 Å². The molecule has 1 aromatic heterocycles. The fourth-order valence-electron chi connectivity index (χ4n) is 3.66. The van der Waals surface area contributed by atoms with Crippen molar-refractivity contribution in [2.24, 2.45) is 5.92 Å². The van der Waals surface area contributed by atoms with Gasteiger partial charge >= 0.3 is 0 Å². The number of carbonyl (C=O) groups is 1. The molecular weight excluding hydrogens is 438 g/mol. The highest BCUT2D eigenvalue weighted by Crippen LogP contribution is 2.24. The fraction of sp³-hybridized carbons (Fsp3) is 0.261. The van der Waals surface area contributed by atoms with Crippen molar-refractivity contribution in [3.63, 3.8) is 0 Å². The Morgan fingerprint density at radius 3 is 2.50 bits per heavy atom. The van der Waals surface area contributed by atoms with Gasteiger partial charge in [-0.2, -0.15) is 4.68 Å². The van der Waals surface area contributed by atoms with Crippen LogP contribution >= 0.6 is 11.6 Å². The van der Waals surface area contributed by atoms with Crippen LogP contribution in [0.5, 0.6) is 0 Å². The Balaban J connectivity index is 1.43. The highest BCUT2D eigenvalue weighted by atomic mass is 35.5. The van der Waals surface area contributed by atoms with Gasteiger partial charge in [0, 0.05) is 41.9 Å². The topological polar surface area (TPSA) is 67.2 Å². The minimum absolute atomic E-state index is 0.224. The maximum atomic E-state index is 13.4. The Morgan fingerprint density at radius 2 is 1.81 bits per heavy atom. The first-order valence-electron chi connectivity index (χ1n) is 10.2. The molecule has 0 saturated carbocycles. The first kappa shape index (κ1) is 22.0. The lowest BCUT2D eigenvalue weighted by Crippen LogP contribution is -2.39. The molecule has 1 fully saturated rings. The minimum atomic E-state index is -1.01. The Labute approximate surface area is 188 Å². The maximum absolute atomic E-state index is 13.4. The van der Waals surface area contributed by atoms with Crippen molar-refractivity contribution in [3.05, 3.63) is 81.1 Å². The first-order valence-corrected chi connectivity index (χ1v) is 10.6. The van der Waals surface area contributed by atoms with Gasteiger partial charge in [-0.25, -0.2) is 8.78 Å². The van der Waals surface area contributed by atoms with E-state index in [1.807, 2.05) is 17.9 Å². The van der Waals surface area contributed by atoms with Crippen LogP contribution in [0.4, 0.5) is 20.3 Å². The van der Waals surface area contributed by atoms with Crippen LogP contribution in [0.2, 0.25) is 5.02 Å². The molecule has 0 spiro atoms. The number of hydrogen-bond acceptors (Lipinski definition) is 4. The number of nitrogens with one attached hydrogen (secondary N) is 1. The molecule has 0 unspecified atom stereocenters. The maximum Gasteiger partial charge on any atom is 0.271 e. The molecule has 0 aliphatic carbocycles. The van der Waals surface area contributed by atoms with Crippen molar-refractivity contribution < 1.29 is 13.6 Å². The van der Waals surface area contributed by atoms with Crippen LogP contribution in [0.15, 0.2) is 53.3 Å². The van der Waals surface area contributed by atoms with E-state index in [-0.39, 0.29) is 23.1 Å². The van der Waals surface area contributed by atoms with Gasteiger partial charge in [-0.1, -0.05) is 17.7 Å². The van der Waals surface area contributed by atoms with Crippen LogP contribution in [0, 0.1) is 24.5 Å². The van der Waals surface area contributed by atoms with Crippen molar-refractivity contribution in [2.75, 3.05) is 23.3 Å². The van der Waals surface area contributed by atoms with Gasteiger partial charge in [0.25, 0.3) is 5.56 Å². The lowest BCUT2D eigenvalue weighted by atomic mass is 9.96. The van der Waals surface area contributed by atoms with Crippen LogP contribution in [0.3, 0.4) is 0 Å². The Morgan fingerprint density at radius 1 is 1.06 bits per heavy atom. The summed E-state index contributed by atoms with van der Waals surface area (Å²) in [6.45, 7) is 3.01. The number of piperidine rings is 1. The summed E-state index contributed by atoms with van der Waals surface area (Å²) < 4.78 is 27.7. The monoisotopic (exact) mass is 458 g/mol. The largest absolute Gasteiger partial charge is 0.355 e. The summed E-state index contributed by atoms with van der Waals surface area (Å²) in [7, 11) is 0. The summed E-state index contributed by atoms with van der Waals surface area (Å²) in [5.41, 5.74) is 1.44. The van der Waals surface area contributed by atoms with E-state index >= 15 is 0 Å². The summed E-state index contributed by atoms with van der Waals surface area (Å²) in [5.74, 6) is -1.84. The predicted octanol–water partition coefficient (Wildman–Crippen LogP) is 4.33. The van der Waals surface area contributed by atoms with Crippen LogP contribution in [-0.2, 0) is 4.79 Å². The van der Waals surface area contributed by atoms with Crippen molar-refractivity contribution >= 4 is 29.0 Å². The lowest BCUT2D eigenvalue weighted by molar-refractivity contribution is -0.120. The van der Waals surface area contributed by atoms with Gasteiger partial charge in [-0.3, -0.25) is 9.59 Å². The zero-order valence-electron chi connectivity index (χ0n) is 17.3. The van der Waals surface area contributed by atoms with Crippen LogP contribution < -0.4 is 15.8 Å². The molecule has 0 bridgehead atoms. The van der Waals surface area contributed by atoms with E-state index in [1.165, 1.54) is 16.8 Å². The third-order valence-corrected chi connectivity index (χ3v) is 5.97. The van der Waals surface area contributed by atoms with E-state index in [0.29, 0.717) is 42.5 Å². The van der Waals surface area contributed by atoms with Crippen LogP contribution in [0.25, 0.3) is 5.69 Å². The third-order valence-electron chi connectivity index (χ3n) is 5.56. The number of nitrogens with zero attached hydrogens (tertiary/aromatic N) is 3. The van der Waals surface area contributed by atoms with Gasteiger partial charge < -0.3 is 10.2 Å². The molecular formula is C23H21ClF2N4O2. The SMILES string of the molecule is Cc1ccc(-n2nc(N3CCC(C(=O)Nc4ccc(F)c(F)c4)CC3)ccc2=O)cc1Cl. The normalized spacial score (nSPS) is 14.4. The number of anilines is 2. The fourth-order valence-corrected chi connectivity index (χ4v) is 3.83. The van der Waals surface area contributed by atoms with Gasteiger partial charge in [0.2, 0.25) is 5.91 Å². The molecule has 1 amide bonds. The standard InChI is InChI=1S/C23H21ClF2N4O2/c1-14-2-4-17(13-18(14)24)30-22(31)7-6-21(28-30)29-10-8-15(9-11-29)23(32)27-16-3-5-19(25)20(26)12-16/h2-7,12-13,15H,8-11H2,1H3,(H,27,32). The quantitative estimate of drug-likeness (QED) is 0.632. The number of aromatic nitrogens is 2. The Kier molecular flexibility index (Phi) is 6.23. The molecule has 0 radical (unpaired) electrons. The summed E-state index contributed by atoms with van der Waals surface area (Å²) in [4.78, 5) is 26.9. The number of hydrogen-bond donors (Lipinski definition) is 1. The summed E-state index contributed by atoms with van der Waals surface area (Å²) in [6.07, 6.45) is 1.12. The summed E-state index contributed by atoms with van der Waals surface area (Å²) in [6, 6.07) is 11.7. The summed E-state index contributed by atoms with van der Waals surface area (Å²) >= 11 is 6.19. The molecule has 4 rings (SSSR count). The highest BCUT2D eigenvalue weighted by Gasteiger charge is 2.26. The second kappa shape index (κ2) is 9.08. The van der Waals surface area contributed by atoms with Crippen LogP contribution in [0.1, 0.15) is 18.4 Å². The molecule has 1 N–H and O–H groups in total. The molecule has 0 atom stereocenters. The second-order valence-electron chi connectivity index (χ2n) is 7.75. The van der Waals surface area contributed by atoms with E-state index in [4.69, 9.17) is 11.6 Å². The minimum Gasteiger partial charge on any atom is -0.355 e. The molecule has 2 heterocycles. The molecule has 32 heavy (non-hydrogen) atoms. The second-order valence-corrected chi connectivity index (χ2v) is 8.16. The van der Waals surface area contributed by atoms with Gasteiger partial charge in [0.1, 0.15) is 5.82 Å². The number of rotatable bonds is 4. The van der Waals surface area contributed by atoms with Gasteiger partial charge in [-0.05, 0) is 55.7 Å². The Hall–Kier alpha value is -3.26. The Bertz CT molecular complexity index is 1220. The smallest absolute Gasteiger partial charge is 0.271 e. The molecule has 166 valence electrons. The number of carbonyl (C=O) groups excluding carboxylic acids is 1. The molecule has 1 aliphatic heterocycles. The lowest BCUT2D eigenvalue weighted by Gasteiger charge is -2.32. The zero-order valence-corrected chi connectivity index (χ0v) is 18.1. The molecule has 1 saturated heterocycles. The average Bonchev–Trinajstić information content (AvgIpc) is 2.79. The molecule has 1 aliphatic rings. The molecule has 9 heteroatoms. The third kappa shape index (κ3) is 4.65. The number of benzene rings is 2. The summed E-state index contributed by atoms with van der Waals surface area (Å²) in [5, 5.41) is 7.68. The van der Waals surface area contributed by atoms with Gasteiger partial charge in [0.05, 0.1) is 5.69 Å². The number of amides is 1. The van der Waals surface area contributed by atoms with Crippen molar-refractivity contribution in [2.45, 2.75) is 19.8 Å². The van der Waals surface area contributed by atoms with E-state index in [0.717, 1.165) is 17.7 Å². The van der Waals surface area contributed by atoms with Crippen molar-refractivity contribution in [3.8, 4) is 5.69 Å². The van der Waals surface area contributed by atoms with E-state index < -0.39 is 11.6 Å². The molecule has 6 nitrogen and oxygen atoms in total. The highest BCUT2D eigenvalue weighted by molar-refractivity contribution is 6.31. The number of aryl methyl sites for hydroxylation is 1. The average molecular weight is 459 g/mol. The number of halogens is 3. The van der Waals surface area contributed by atoms with Gasteiger partial charge in [-0.15, -0.1) is 5.10 Å². The van der Waals surface area contributed by atoms with Crippen LogP contribution in [-0.4, -0.2) is 28.8 Å². The molecule has 3 aromatic rings.